The van der Waals surface area contributed by atoms with Gasteiger partial charge in [-0.25, -0.2) is 0 Å². The van der Waals surface area contributed by atoms with Gasteiger partial charge in [0, 0.05) is 18.7 Å². The van der Waals surface area contributed by atoms with Crippen molar-refractivity contribution in [3.63, 3.8) is 0 Å². The molecule has 0 fully saturated rings. The van der Waals surface area contributed by atoms with Crippen LogP contribution in [-0.4, -0.2) is 29.8 Å². The minimum atomic E-state index is -1.26. The van der Waals surface area contributed by atoms with Crippen molar-refractivity contribution in [2.24, 2.45) is 11.5 Å². The Morgan fingerprint density at radius 2 is 1.89 bits per heavy atom. The minimum Gasteiger partial charge on any atom is -0.534 e. The van der Waals surface area contributed by atoms with Crippen LogP contribution in [0.2, 0.25) is 0 Å². The number of fused-ring (bicyclic) bond motifs is 1. The summed E-state index contributed by atoms with van der Waals surface area (Å²) >= 11 is 0. The Bertz CT molecular complexity index is 865. The highest BCUT2D eigenvalue weighted by molar-refractivity contribution is 6.47. The Morgan fingerprint density at radius 1 is 1.22 bits per heavy atom. The molecular formula is C19H22BN3O4. The van der Waals surface area contributed by atoms with Gasteiger partial charge in [0.1, 0.15) is 5.75 Å². The van der Waals surface area contributed by atoms with Gasteiger partial charge in [-0.2, -0.15) is 0 Å². The van der Waals surface area contributed by atoms with Crippen molar-refractivity contribution in [2.75, 3.05) is 0 Å². The largest absolute Gasteiger partial charge is 0.547 e. The monoisotopic (exact) mass is 367 g/mol. The molecule has 0 radical (unpaired) electrons. The van der Waals surface area contributed by atoms with E-state index in [0.29, 0.717) is 36.4 Å². The van der Waals surface area contributed by atoms with Crippen LogP contribution < -0.4 is 21.4 Å². The molecular weight excluding hydrogens is 345 g/mol. The zero-order valence-corrected chi connectivity index (χ0v) is 15.1. The summed E-state index contributed by atoms with van der Waals surface area (Å²) in [7, 11) is -1.26. The number of hydrogen-bond acceptors (Lipinski definition) is 6. The summed E-state index contributed by atoms with van der Waals surface area (Å²) in [6, 6.07) is 10.5. The van der Waals surface area contributed by atoms with E-state index in [1.54, 1.807) is 24.3 Å². The third-order valence-electron chi connectivity index (χ3n) is 4.60. The van der Waals surface area contributed by atoms with E-state index in [9.17, 15) is 14.6 Å². The van der Waals surface area contributed by atoms with Gasteiger partial charge in [0.05, 0.1) is 11.5 Å². The first-order valence-corrected chi connectivity index (χ1v) is 8.74. The third kappa shape index (κ3) is 4.03. The average Bonchev–Trinajstić information content (AvgIpc) is 2.67. The Kier molecular flexibility index (Phi) is 5.60. The topological polar surface area (TPSA) is 128 Å². The molecule has 0 saturated heterocycles. The minimum absolute atomic E-state index is 0.144. The number of hydrogen-bond donors (Lipinski definition) is 4. The fourth-order valence-corrected chi connectivity index (χ4v) is 3.21. The third-order valence-corrected chi connectivity index (χ3v) is 4.60. The van der Waals surface area contributed by atoms with Gasteiger partial charge in [-0.15, -0.1) is 0 Å². The van der Waals surface area contributed by atoms with Crippen LogP contribution in [0.25, 0.3) is 0 Å². The van der Waals surface area contributed by atoms with Crippen LogP contribution >= 0.6 is 0 Å². The highest BCUT2D eigenvalue weighted by atomic mass is 16.5. The van der Waals surface area contributed by atoms with E-state index in [4.69, 9.17) is 16.1 Å². The molecule has 1 heterocycles. The lowest BCUT2D eigenvalue weighted by atomic mass is 9.72. The van der Waals surface area contributed by atoms with E-state index >= 15 is 0 Å². The molecule has 1 atom stereocenters. The Hall–Kier alpha value is -2.68. The van der Waals surface area contributed by atoms with E-state index in [0.717, 1.165) is 16.7 Å². The van der Waals surface area contributed by atoms with E-state index in [2.05, 4.69) is 5.32 Å². The summed E-state index contributed by atoms with van der Waals surface area (Å²) < 4.78 is 5.54. The maximum Gasteiger partial charge on any atom is 0.547 e. The number of para-hydroxylation sites is 1. The molecule has 6 N–H and O–H groups in total. The number of rotatable bonds is 5. The smallest absolute Gasteiger partial charge is 0.534 e. The van der Waals surface area contributed by atoms with Crippen LogP contribution in [0.1, 0.15) is 44.3 Å². The van der Waals surface area contributed by atoms with Crippen molar-refractivity contribution in [1.29, 1.82) is 0 Å². The molecule has 3 rings (SSSR count). The zero-order valence-electron chi connectivity index (χ0n) is 15.1. The van der Waals surface area contributed by atoms with Gasteiger partial charge in [0.15, 0.2) is 5.78 Å². The number of amides is 1. The lowest BCUT2D eigenvalue weighted by Gasteiger charge is -2.29. The molecule has 0 aliphatic carbocycles. The molecule has 2 aromatic carbocycles. The van der Waals surface area contributed by atoms with Gasteiger partial charge in [0.25, 0.3) is 5.91 Å². The number of carbonyl (C=O) groups excluding carboxylic acids is 2. The molecule has 0 saturated carbocycles. The predicted octanol–water partition coefficient (Wildman–Crippen LogP) is 0.560. The van der Waals surface area contributed by atoms with Gasteiger partial charge in [-0.3, -0.25) is 9.59 Å². The number of ketones is 1. The standard InChI is InChI=1S/C19H22BN3O4/c1-11(24)16-4-2-3-14-8-17(20(26)27-18(14)16)23-19(25)15-6-12(9-21)5-13(7-15)10-22/h2-7,17,26H,8-10,21-22H2,1H3,(H,23,25)/t17-/m0/s1. The lowest BCUT2D eigenvalue weighted by Crippen LogP contribution is -2.53. The summed E-state index contributed by atoms with van der Waals surface area (Å²) in [6.07, 6.45) is 0.351. The van der Waals surface area contributed by atoms with Gasteiger partial charge in [-0.1, -0.05) is 18.2 Å². The summed E-state index contributed by atoms with van der Waals surface area (Å²) in [5, 5.41) is 13.1. The maximum atomic E-state index is 12.7. The molecule has 1 amide bonds. The number of nitrogens with one attached hydrogen (secondary N) is 1. The van der Waals surface area contributed by atoms with E-state index in [-0.39, 0.29) is 11.7 Å². The van der Waals surface area contributed by atoms with Crippen molar-refractivity contribution < 1.29 is 19.3 Å². The van der Waals surface area contributed by atoms with Crippen molar-refractivity contribution in [2.45, 2.75) is 32.4 Å². The molecule has 1 aliphatic rings. The first kappa shape index (κ1) is 19.1. The highest BCUT2D eigenvalue weighted by Crippen LogP contribution is 2.30. The van der Waals surface area contributed by atoms with Crippen molar-refractivity contribution in [3.8, 4) is 5.75 Å². The second-order valence-electron chi connectivity index (χ2n) is 6.59. The van der Waals surface area contributed by atoms with Crippen LogP contribution in [0.5, 0.6) is 5.75 Å². The van der Waals surface area contributed by atoms with Gasteiger partial charge in [0.2, 0.25) is 0 Å². The molecule has 140 valence electrons. The Morgan fingerprint density at radius 3 is 2.48 bits per heavy atom. The molecule has 27 heavy (non-hydrogen) atoms. The number of nitrogens with two attached hydrogens (primary N) is 2. The number of carbonyl (C=O) groups is 2. The van der Waals surface area contributed by atoms with Gasteiger partial charge in [-0.05, 0) is 48.2 Å². The predicted molar refractivity (Wildman–Crippen MR) is 102 cm³/mol. The quantitative estimate of drug-likeness (QED) is 0.452. The molecule has 0 bridgehead atoms. The zero-order chi connectivity index (χ0) is 19.6. The molecule has 1 aliphatic heterocycles. The number of Topliss-reactive ketones (excluding diaryl/α,β-unsaturated/α-hetero) is 1. The fourth-order valence-electron chi connectivity index (χ4n) is 3.21. The van der Waals surface area contributed by atoms with E-state index < -0.39 is 13.1 Å². The SMILES string of the molecule is CC(=O)c1cccc2c1OB(O)[C@@H](NC(=O)c1cc(CN)cc(CN)c1)C2. The van der Waals surface area contributed by atoms with E-state index in [1.165, 1.54) is 6.92 Å². The molecule has 0 spiro atoms. The molecule has 8 heteroatoms. The first-order chi connectivity index (χ1) is 12.9. The van der Waals surface area contributed by atoms with Crippen molar-refractivity contribution >= 4 is 18.8 Å². The van der Waals surface area contributed by atoms with Crippen LogP contribution in [0, 0.1) is 0 Å². The highest BCUT2D eigenvalue weighted by Gasteiger charge is 2.37. The van der Waals surface area contributed by atoms with Gasteiger partial charge < -0.3 is 26.5 Å². The second-order valence-corrected chi connectivity index (χ2v) is 6.59. The second kappa shape index (κ2) is 7.91. The molecule has 7 nitrogen and oxygen atoms in total. The fraction of sp³-hybridized carbons (Fsp3) is 0.263. The molecule has 0 unspecified atom stereocenters. The summed E-state index contributed by atoms with van der Waals surface area (Å²) in [4.78, 5) is 24.4. The Balaban J connectivity index is 1.82. The number of benzene rings is 2. The van der Waals surface area contributed by atoms with Crippen LogP contribution in [-0.2, 0) is 19.5 Å². The van der Waals surface area contributed by atoms with E-state index in [1.807, 2.05) is 12.1 Å². The summed E-state index contributed by atoms with van der Waals surface area (Å²) in [5.41, 5.74) is 14.6. The Labute approximate surface area is 157 Å². The molecule has 2 aromatic rings. The van der Waals surface area contributed by atoms with Crippen LogP contribution in [0.3, 0.4) is 0 Å². The van der Waals surface area contributed by atoms with Crippen LogP contribution in [0.4, 0.5) is 0 Å². The summed E-state index contributed by atoms with van der Waals surface area (Å²) in [5.74, 6) is -0.762. The first-order valence-electron chi connectivity index (χ1n) is 8.74. The van der Waals surface area contributed by atoms with Gasteiger partial charge >= 0.3 is 7.12 Å². The maximum absolute atomic E-state index is 12.7. The molecule has 0 aromatic heterocycles. The summed E-state index contributed by atoms with van der Waals surface area (Å²) in [6.45, 7) is 2.04. The lowest BCUT2D eigenvalue weighted by molar-refractivity contribution is 0.0938. The van der Waals surface area contributed by atoms with Crippen LogP contribution in [0.15, 0.2) is 36.4 Å². The van der Waals surface area contributed by atoms with Crippen molar-refractivity contribution in [3.05, 3.63) is 64.2 Å². The normalized spacial score (nSPS) is 15.7. The van der Waals surface area contributed by atoms with Crippen molar-refractivity contribution in [1.82, 2.24) is 5.32 Å². The average molecular weight is 367 g/mol.